The molecule has 6 nitrogen and oxygen atoms in total. The minimum atomic E-state index is -1.02. The molecule has 0 aromatic carbocycles. The van der Waals surface area contributed by atoms with Gasteiger partial charge in [-0.2, -0.15) is 0 Å². The second-order valence-electron chi connectivity index (χ2n) is 6.00. The molecule has 0 spiro atoms. The van der Waals surface area contributed by atoms with Gasteiger partial charge < -0.3 is 15.7 Å². The van der Waals surface area contributed by atoms with Crippen molar-refractivity contribution in [1.82, 2.24) is 10.6 Å². The fraction of sp³-hybridized carbons (Fsp3) is 0.786. The van der Waals surface area contributed by atoms with Crippen LogP contribution in [0, 0.1) is 5.41 Å². The molecule has 0 saturated carbocycles. The summed E-state index contributed by atoms with van der Waals surface area (Å²) < 4.78 is 0. The van der Waals surface area contributed by atoms with Gasteiger partial charge in [-0.05, 0) is 18.3 Å². The largest absolute Gasteiger partial charge is 0.480 e. The van der Waals surface area contributed by atoms with Crippen molar-refractivity contribution in [2.45, 2.75) is 59.4 Å². The highest BCUT2D eigenvalue weighted by Crippen LogP contribution is 2.19. The van der Waals surface area contributed by atoms with Crippen LogP contribution in [0.1, 0.15) is 53.4 Å². The molecule has 0 aromatic rings. The lowest BCUT2D eigenvalue weighted by atomic mass is 9.86. The van der Waals surface area contributed by atoms with Crippen molar-refractivity contribution in [3.8, 4) is 0 Å². The lowest BCUT2D eigenvalue weighted by Gasteiger charge is -2.27. The Balaban J connectivity index is 3.93. The molecule has 3 N–H and O–H groups in total. The van der Waals surface area contributed by atoms with Crippen molar-refractivity contribution >= 4 is 17.8 Å². The van der Waals surface area contributed by atoms with Gasteiger partial charge in [-0.1, -0.05) is 27.2 Å². The molecule has 0 heterocycles. The van der Waals surface area contributed by atoms with Crippen molar-refractivity contribution < 1.29 is 19.5 Å². The van der Waals surface area contributed by atoms with E-state index in [-0.39, 0.29) is 11.8 Å². The van der Waals surface area contributed by atoms with Gasteiger partial charge in [0.1, 0.15) is 6.04 Å². The van der Waals surface area contributed by atoms with E-state index < -0.39 is 17.4 Å². The summed E-state index contributed by atoms with van der Waals surface area (Å²) in [4.78, 5) is 33.4. The maximum atomic E-state index is 11.7. The second kappa shape index (κ2) is 8.55. The van der Waals surface area contributed by atoms with Crippen molar-refractivity contribution in [3.05, 3.63) is 0 Å². The molecule has 6 heteroatoms. The Morgan fingerprint density at radius 3 is 2.15 bits per heavy atom. The molecule has 116 valence electrons. The third kappa shape index (κ3) is 8.50. The molecule has 0 aliphatic heterocycles. The van der Waals surface area contributed by atoms with E-state index in [1.165, 1.54) is 6.92 Å². The van der Waals surface area contributed by atoms with Gasteiger partial charge in [0.2, 0.25) is 11.8 Å². The van der Waals surface area contributed by atoms with Crippen LogP contribution in [0.25, 0.3) is 0 Å². The number of carboxylic acids is 1. The Bertz CT molecular complexity index is 348. The van der Waals surface area contributed by atoms with E-state index in [0.717, 1.165) is 12.8 Å². The average Bonchev–Trinajstić information content (AvgIpc) is 2.28. The number of hydrogen-bond donors (Lipinski definition) is 3. The first-order valence-electron chi connectivity index (χ1n) is 6.91. The Morgan fingerprint density at radius 1 is 1.10 bits per heavy atom. The molecule has 0 saturated heterocycles. The zero-order valence-corrected chi connectivity index (χ0v) is 12.8. The molecule has 0 radical (unpaired) electrons. The van der Waals surface area contributed by atoms with Crippen LogP contribution >= 0.6 is 0 Å². The number of hydrogen-bond acceptors (Lipinski definition) is 3. The zero-order valence-electron chi connectivity index (χ0n) is 12.8. The van der Waals surface area contributed by atoms with Gasteiger partial charge in [0.15, 0.2) is 0 Å². The Kier molecular flexibility index (Phi) is 7.87. The quantitative estimate of drug-likeness (QED) is 0.586. The molecule has 0 bridgehead atoms. The van der Waals surface area contributed by atoms with Crippen LogP contribution in [0.4, 0.5) is 0 Å². The van der Waals surface area contributed by atoms with Crippen molar-refractivity contribution in [2.24, 2.45) is 5.41 Å². The van der Waals surface area contributed by atoms with Gasteiger partial charge >= 0.3 is 5.97 Å². The van der Waals surface area contributed by atoms with E-state index in [1.807, 2.05) is 0 Å². The molecule has 20 heavy (non-hydrogen) atoms. The number of nitrogens with one attached hydrogen (secondary N) is 2. The highest BCUT2D eigenvalue weighted by atomic mass is 16.4. The fourth-order valence-electron chi connectivity index (χ4n) is 1.73. The number of amides is 2. The number of rotatable bonds is 8. The van der Waals surface area contributed by atoms with E-state index in [4.69, 9.17) is 5.11 Å². The summed E-state index contributed by atoms with van der Waals surface area (Å²) >= 11 is 0. The topological polar surface area (TPSA) is 95.5 Å². The molecule has 0 aliphatic carbocycles. The number of carbonyl (C=O) groups excluding carboxylic acids is 2. The lowest BCUT2D eigenvalue weighted by molar-refractivity contribution is -0.145. The summed E-state index contributed by atoms with van der Waals surface area (Å²) in [6, 6.07) is -0.880. The summed E-state index contributed by atoms with van der Waals surface area (Å²) in [6.07, 6.45) is 2.62. The molecule has 1 atom stereocenters. The minimum absolute atomic E-state index is 0.0581. The molecule has 0 aliphatic rings. The van der Waals surface area contributed by atoms with Crippen LogP contribution in [-0.4, -0.2) is 35.5 Å². The van der Waals surface area contributed by atoms with Gasteiger partial charge in [-0.3, -0.25) is 9.59 Å². The smallest absolute Gasteiger partial charge is 0.326 e. The predicted octanol–water partition coefficient (Wildman–Crippen LogP) is 1.30. The van der Waals surface area contributed by atoms with Crippen LogP contribution in [0.2, 0.25) is 0 Å². The lowest BCUT2D eigenvalue weighted by Crippen LogP contribution is -2.49. The van der Waals surface area contributed by atoms with E-state index in [9.17, 15) is 14.4 Å². The summed E-state index contributed by atoms with van der Waals surface area (Å²) in [7, 11) is 0. The highest BCUT2D eigenvalue weighted by molar-refractivity contribution is 5.84. The zero-order chi connectivity index (χ0) is 15.8. The van der Waals surface area contributed by atoms with Crippen LogP contribution < -0.4 is 10.6 Å². The monoisotopic (exact) mass is 286 g/mol. The molecular formula is C14H26N2O4. The first-order valence-corrected chi connectivity index (χ1v) is 6.91. The Morgan fingerprint density at radius 2 is 1.70 bits per heavy atom. The van der Waals surface area contributed by atoms with E-state index in [0.29, 0.717) is 19.4 Å². The van der Waals surface area contributed by atoms with E-state index in [1.54, 1.807) is 20.8 Å². The van der Waals surface area contributed by atoms with Crippen molar-refractivity contribution in [2.75, 3.05) is 6.54 Å². The summed E-state index contributed by atoms with van der Waals surface area (Å²) in [6.45, 7) is 7.40. The molecule has 0 rings (SSSR count). The Labute approximate surface area is 120 Å². The van der Waals surface area contributed by atoms with Gasteiger partial charge in [0, 0.05) is 19.9 Å². The average molecular weight is 286 g/mol. The normalized spacial score (nSPS) is 12.6. The van der Waals surface area contributed by atoms with Crippen LogP contribution in [-0.2, 0) is 14.4 Å². The molecule has 2 amide bonds. The predicted molar refractivity (Wildman–Crippen MR) is 76.2 cm³/mol. The van der Waals surface area contributed by atoms with Crippen LogP contribution in [0.15, 0.2) is 0 Å². The van der Waals surface area contributed by atoms with Crippen LogP contribution in [0.3, 0.4) is 0 Å². The van der Waals surface area contributed by atoms with Gasteiger partial charge in [-0.25, -0.2) is 4.79 Å². The van der Waals surface area contributed by atoms with Crippen molar-refractivity contribution in [1.29, 1.82) is 0 Å². The number of carboxylic acid groups (broad SMARTS) is 1. The first kappa shape index (κ1) is 18.4. The number of unbranched alkanes of at least 4 members (excludes halogenated alkanes) is 2. The summed E-state index contributed by atoms with van der Waals surface area (Å²) in [5.74, 6) is -1.32. The van der Waals surface area contributed by atoms with E-state index >= 15 is 0 Å². The Hall–Kier alpha value is -1.59. The third-order valence-electron chi connectivity index (χ3n) is 2.87. The molecule has 0 fully saturated rings. The minimum Gasteiger partial charge on any atom is -0.480 e. The maximum absolute atomic E-state index is 11.7. The molecule has 0 unspecified atom stereocenters. The van der Waals surface area contributed by atoms with Gasteiger partial charge in [-0.15, -0.1) is 0 Å². The highest BCUT2D eigenvalue weighted by Gasteiger charge is 2.32. The standard InChI is InChI=1S/C14H26N2O4/c1-10(17)15-9-7-5-6-8-11(18)16-12(13(19)20)14(2,3)4/h12H,5-9H2,1-4H3,(H,15,17)(H,16,18)(H,19,20)/t12-/m0/s1. The maximum Gasteiger partial charge on any atom is 0.326 e. The fourth-order valence-corrected chi connectivity index (χ4v) is 1.73. The molecule has 0 aromatic heterocycles. The summed E-state index contributed by atoms with van der Waals surface area (Å²) in [5.41, 5.74) is -0.521. The van der Waals surface area contributed by atoms with E-state index in [2.05, 4.69) is 10.6 Å². The summed E-state index contributed by atoms with van der Waals surface area (Å²) in [5, 5.41) is 14.3. The first-order chi connectivity index (χ1) is 9.14. The third-order valence-corrected chi connectivity index (χ3v) is 2.87. The van der Waals surface area contributed by atoms with Gasteiger partial charge in [0.25, 0.3) is 0 Å². The number of aliphatic carboxylic acids is 1. The molecular weight excluding hydrogens is 260 g/mol. The number of carbonyl (C=O) groups is 3. The second-order valence-corrected chi connectivity index (χ2v) is 6.00. The van der Waals surface area contributed by atoms with Gasteiger partial charge in [0.05, 0.1) is 0 Å². The van der Waals surface area contributed by atoms with Crippen molar-refractivity contribution in [3.63, 3.8) is 0 Å². The van der Waals surface area contributed by atoms with Crippen LogP contribution in [0.5, 0.6) is 0 Å². The SMILES string of the molecule is CC(=O)NCCCCCC(=O)N[C@@H](C(=O)O)C(C)(C)C.